The molecule has 1 amide bonds. The van der Waals surface area contributed by atoms with Gasteiger partial charge >= 0.3 is 0 Å². The Hall–Kier alpha value is -2.03. The van der Waals surface area contributed by atoms with Gasteiger partial charge in [0.15, 0.2) is 0 Å². The average Bonchev–Trinajstić information content (AvgIpc) is 3.04. The van der Waals surface area contributed by atoms with Gasteiger partial charge in [-0.05, 0) is 30.0 Å². The Bertz CT molecular complexity index is 661. The molecule has 0 unspecified atom stereocenters. The summed E-state index contributed by atoms with van der Waals surface area (Å²) >= 11 is 1.56. The molecular weight excluding hydrogens is 272 g/mol. The van der Waals surface area contributed by atoms with Crippen molar-refractivity contribution in [2.75, 3.05) is 13.6 Å². The number of carbonyl (C=O) groups is 1. The Balaban J connectivity index is 2.02. The molecule has 104 valence electrons. The Morgan fingerprint density at radius 1 is 1.50 bits per heavy atom. The summed E-state index contributed by atoms with van der Waals surface area (Å²) in [4.78, 5) is 14.8. The van der Waals surface area contributed by atoms with E-state index in [0.717, 1.165) is 16.2 Å². The molecule has 0 radical (unpaired) electrons. The van der Waals surface area contributed by atoms with Gasteiger partial charge in [-0.25, -0.2) is 0 Å². The lowest BCUT2D eigenvalue weighted by atomic mass is 10.2. The maximum absolute atomic E-state index is 12.2. The van der Waals surface area contributed by atoms with Crippen molar-refractivity contribution in [2.45, 2.75) is 13.5 Å². The van der Waals surface area contributed by atoms with Crippen LogP contribution in [0.2, 0.25) is 0 Å². The van der Waals surface area contributed by atoms with Crippen molar-refractivity contribution in [2.24, 2.45) is 5.73 Å². The van der Waals surface area contributed by atoms with Crippen LogP contribution >= 0.6 is 11.3 Å². The highest BCUT2D eigenvalue weighted by molar-refractivity contribution is 7.10. The van der Waals surface area contributed by atoms with Crippen LogP contribution < -0.4 is 5.73 Å². The van der Waals surface area contributed by atoms with Crippen LogP contribution in [-0.4, -0.2) is 24.4 Å². The van der Waals surface area contributed by atoms with E-state index in [1.807, 2.05) is 18.4 Å². The Labute approximate surface area is 122 Å². The van der Waals surface area contributed by atoms with Crippen molar-refractivity contribution in [3.8, 4) is 11.8 Å². The molecule has 2 aromatic heterocycles. The monoisotopic (exact) mass is 288 g/mol. The maximum Gasteiger partial charge on any atom is 0.257 e. The fourth-order valence-corrected chi connectivity index (χ4v) is 2.56. The molecule has 0 aromatic carbocycles. The summed E-state index contributed by atoms with van der Waals surface area (Å²) in [7, 11) is 1.77. The highest BCUT2D eigenvalue weighted by Gasteiger charge is 2.14. The van der Waals surface area contributed by atoms with Crippen LogP contribution in [0.1, 0.15) is 26.6 Å². The van der Waals surface area contributed by atoms with Crippen molar-refractivity contribution in [1.29, 1.82) is 0 Å². The lowest BCUT2D eigenvalue weighted by Gasteiger charge is -2.15. The molecule has 0 aliphatic rings. The molecule has 0 saturated carbocycles. The number of hydrogen-bond acceptors (Lipinski definition) is 4. The average molecular weight is 288 g/mol. The number of carbonyl (C=O) groups excluding carboxylic acids is 1. The predicted octanol–water partition coefficient (Wildman–Crippen LogP) is 2.23. The summed E-state index contributed by atoms with van der Waals surface area (Å²) in [5.41, 5.74) is 6.97. The molecule has 2 aromatic rings. The molecule has 0 saturated heterocycles. The zero-order chi connectivity index (χ0) is 14.5. The number of hydrogen-bond donors (Lipinski definition) is 1. The third-order valence-electron chi connectivity index (χ3n) is 2.71. The summed E-state index contributed by atoms with van der Waals surface area (Å²) in [6.07, 6.45) is 1.49. The van der Waals surface area contributed by atoms with Crippen molar-refractivity contribution < 1.29 is 9.21 Å². The SMILES string of the molecule is Cc1cc(C(=O)N(C)Cc2csc(C#CCN)c2)co1. The second kappa shape index (κ2) is 6.42. The molecule has 20 heavy (non-hydrogen) atoms. The zero-order valence-electron chi connectivity index (χ0n) is 11.5. The minimum atomic E-state index is -0.0531. The van der Waals surface area contributed by atoms with Gasteiger partial charge in [0.05, 0.1) is 17.0 Å². The summed E-state index contributed by atoms with van der Waals surface area (Å²) in [5.74, 6) is 6.48. The van der Waals surface area contributed by atoms with E-state index < -0.39 is 0 Å². The topological polar surface area (TPSA) is 59.5 Å². The van der Waals surface area contributed by atoms with Crippen LogP contribution in [-0.2, 0) is 6.54 Å². The molecule has 0 bridgehead atoms. The van der Waals surface area contributed by atoms with Gasteiger partial charge in [0.1, 0.15) is 12.0 Å². The highest BCUT2D eigenvalue weighted by Crippen LogP contribution is 2.16. The van der Waals surface area contributed by atoms with E-state index in [4.69, 9.17) is 10.2 Å². The van der Waals surface area contributed by atoms with Crippen LogP contribution in [0, 0.1) is 18.8 Å². The fourth-order valence-electron chi connectivity index (χ4n) is 1.78. The van der Waals surface area contributed by atoms with Crippen LogP contribution in [0.5, 0.6) is 0 Å². The van der Waals surface area contributed by atoms with E-state index in [-0.39, 0.29) is 5.91 Å². The first-order chi connectivity index (χ1) is 9.60. The van der Waals surface area contributed by atoms with Gasteiger partial charge in [0.2, 0.25) is 0 Å². The first-order valence-corrected chi connectivity index (χ1v) is 7.05. The van der Waals surface area contributed by atoms with E-state index >= 15 is 0 Å². The van der Waals surface area contributed by atoms with Crippen molar-refractivity contribution in [3.63, 3.8) is 0 Å². The van der Waals surface area contributed by atoms with Crippen LogP contribution in [0.25, 0.3) is 0 Å². The minimum Gasteiger partial charge on any atom is -0.469 e. The molecule has 0 atom stereocenters. The number of furan rings is 1. The van der Waals surface area contributed by atoms with E-state index in [2.05, 4.69) is 11.8 Å². The summed E-state index contributed by atoms with van der Waals surface area (Å²) in [6, 6.07) is 3.72. The van der Waals surface area contributed by atoms with E-state index in [1.165, 1.54) is 6.26 Å². The lowest BCUT2D eigenvalue weighted by Crippen LogP contribution is -2.25. The number of amides is 1. The molecule has 2 N–H and O–H groups in total. The van der Waals surface area contributed by atoms with Gasteiger partial charge in [0.25, 0.3) is 5.91 Å². The molecule has 2 heterocycles. The highest BCUT2D eigenvalue weighted by atomic mass is 32.1. The van der Waals surface area contributed by atoms with Gasteiger partial charge in [-0.15, -0.1) is 11.3 Å². The Morgan fingerprint density at radius 2 is 2.30 bits per heavy atom. The van der Waals surface area contributed by atoms with Gasteiger partial charge in [-0.1, -0.05) is 11.8 Å². The second-order valence-corrected chi connectivity index (χ2v) is 5.34. The molecule has 5 heteroatoms. The minimum absolute atomic E-state index is 0.0531. The van der Waals surface area contributed by atoms with E-state index in [0.29, 0.717) is 18.7 Å². The second-order valence-electron chi connectivity index (χ2n) is 4.43. The van der Waals surface area contributed by atoms with Gasteiger partial charge in [-0.3, -0.25) is 4.79 Å². The fraction of sp³-hybridized carbons (Fsp3) is 0.267. The molecule has 0 fully saturated rings. The van der Waals surface area contributed by atoms with Crippen LogP contribution in [0.4, 0.5) is 0 Å². The zero-order valence-corrected chi connectivity index (χ0v) is 12.3. The lowest BCUT2D eigenvalue weighted by molar-refractivity contribution is 0.0784. The summed E-state index contributed by atoms with van der Waals surface area (Å²) in [5, 5.41) is 2.00. The first kappa shape index (κ1) is 14.4. The quantitative estimate of drug-likeness (QED) is 0.881. The smallest absolute Gasteiger partial charge is 0.257 e. The van der Waals surface area contributed by atoms with Gasteiger partial charge < -0.3 is 15.1 Å². The predicted molar refractivity (Wildman–Crippen MR) is 79.5 cm³/mol. The molecule has 0 aliphatic carbocycles. The summed E-state index contributed by atoms with van der Waals surface area (Å²) < 4.78 is 5.16. The standard InChI is InChI=1S/C15H16N2O2S/c1-11-6-13(9-19-11)15(18)17(2)8-12-7-14(20-10-12)4-3-5-16/h6-7,9-10H,5,8,16H2,1-2H3. The molecule has 4 nitrogen and oxygen atoms in total. The normalized spacial score (nSPS) is 9.95. The number of thiophene rings is 1. The first-order valence-electron chi connectivity index (χ1n) is 6.17. The maximum atomic E-state index is 12.2. The molecule has 2 rings (SSSR count). The van der Waals surface area contributed by atoms with Gasteiger partial charge in [-0.2, -0.15) is 0 Å². The molecular formula is C15H16N2O2S. The number of rotatable bonds is 3. The van der Waals surface area contributed by atoms with Crippen molar-refractivity contribution >= 4 is 17.2 Å². The number of aryl methyl sites for hydroxylation is 1. The Morgan fingerprint density at radius 3 is 2.95 bits per heavy atom. The van der Waals surface area contributed by atoms with Crippen molar-refractivity contribution in [1.82, 2.24) is 4.90 Å². The van der Waals surface area contributed by atoms with Gasteiger partial charge in [0, 0.05) is 13.6 Å². The molecule has 0 aliphatic heterocycles. The summed E-state index contributed by atoms with van der Waals surface area (Å²) in [6.45, 7) is 2.72. The Kier molecular flexibility index (Phi) is 4.61. The number of nitrogens with two attached hydrogens (primary N) is 1. The van der Waals surface area contributed by atoms with Crippen LogP contribution in [0.3, 0.4) is 0 Å². The largest absolute Gasteiger partial charge is 0.469 e. The van der Waals surface area contributed by atoms with Crippen LogP contribution in [0.15, 0.2) is 28.2 Å². The third kappa shape index (κ3) is 3.50. The van der Waals surface area contributed by atoms with E-state index in [1.54, 1.807) is 29.4 Å². The van der Waals surface area contributed by atoms with E-state index in [9.17, 15) is 4.79 Å². The van der Waals surface area contributed by atoms with Crippen molar-refractivity contribution in [3.05, 3.63) is 45.5 Å². The third-order valence-corrected chi connectivity index (χ3v) is 3.61. The molecule has 0 spiro atoms. The number of nitrogens with zero attached hydrogens (tertiary/aromatic N) is 1.